The van der Waals surface area contributed by atoms with E-state index >= 15 is 0 Å². The van der Waals surface area contributed by atoms with Crippen LogP contribution in [0.1, 0.15) is 37.7 Å². The lowest BCUT2D eigenvalue weighted by Gasteiger charge is -2.38. The summed E-state index contributed by atoms with van der Waals surface area (Å²) in [4.78, 5) is 12.4. The van der Waals surface area contributed by atoms with E-state index in [9.17, 15) is 9.18 Å². The molecule has 19 heavy (non-hydrogen) atoms. The summed E-state index contributed by atoms with van der Waals surface area (Å²) in [5.41, 5.74) is 0.940. The van der Waals surface area contributed by atoms with Crippen molar-refractivity contribution in [3.05, 3.63) is 35.6 Å². The molecule has 0 spiro atoms. The van der Waals surface area contributed by atoms with E-state index in [2.05, 4.69) is 11.8 Å². The van der Waals surface area contributed by atoms with Gasteiger partial charge in [-0.3, -0.25) is 4.79 Å². The smallest absolute Gasteiger partial charge is 0.140 e. The minimum Gasteiger partial charge on any atom is -0.299 e. The van der Waals surface area contributed by atoms with Crippen LogP contribution in [0.25, 0.3) is 0 Å². The molecular weight excluding hydrogens is 259 g/mol. The van der Waals surface area contributed by atoms with Gasteiger partial charge in [0.1, 0.15) is 11.6 Å². The van der Waals surface area contributed by atoms with Crippen molar-refractivity contribution in [3.8, 4) is 0 Å². The molecule has 0 aromatic heterocycles. The van der Waals surface area contributed by atoms with E-state index in [1.54, 1.807) is 12.1 Å². The molecular formula is C16H19FOS. The minimum atomic E-state index is -0.236. The molecule has 3 heteroatoms. The predicted molar refractivity (Wildman–Crippen MR) is 76.9 cm³/mol. The molecule has 2 unspecified atom stereocenters. The Morgan fingerprint density at radius 1 is 1.16 bits per heavy atom. The molecule has 1 aromatic rings. The highest BCUT2D eigenvalue weighted by Gasteiger charge is 2.35. The third-order valence-electron chi connectivity index (χ3n) is 4.28. The summed E-state index contributed by atoms with van der Waals surface area (Å²) in [5, 5.41) is 1.41. The number of halogens is 1. The van der Waals surface area contributed by atoms with E-state index < -0.39 is 0 Å². The number of benzene rings is 1. The number of carbonyl (C=O) groups excluding carboxylic acids is 1. The van der Waals surface area contributed by atoms with Gasteiger partial charge in [0.2, 0.25) is 0 Å². The van der Waals surface area contributed by atoms with Crippen LogP contribution in [0.4, 0.5) is 4.39 Å². The van der Waals surface area contributed by atoms with Crippen LogP contribution in [0.5, 0.6) is 0 Å². The van der Waals surface area contributed by atoms with Crippen LogP contribution < -0.4 is 0 Å². The fraction of sp³-hybridized carbons (Fsp3) is 0.562. The van der Waals surface area contributed by atoms with Gasteiger partial charge in [-0.2, -0.15) is 11.8 Å². The molecule has 2 aliphatic rings. The van der Waals surface area contributed by atoms with Crippen molar-refractivity contribution in [2.45, 2.75) is 49.0 Å². The highest BCUT2D eigenvalue weighted by molar-refractivity contribution is 8.00. The predicted octanol–water partition coefficient (Wildman–Crippen LogP) is 4.00. The van der Waals surface area contributed by atoms with Crippen molar-refractivity contribution in [2.75, 3.05) is 0 Å². The number of carbonyl (C=O) groups is 1. The molecule has 3 rings (SSSR count). The molecule has 1 nitrogen and oxygen atoms in total. The molecule has 2 bridgehead atoms. The minimum absolute atomic E-state index is 0.236. The van der Waals surface area contributed by atoms with Gasteiger partial charge in [0, 0.05) is 22.8 Å². The van der Waals surface area contributed by atoms with Gasteiger partial charge in [0.15, 0.2) is 0 Å². The standard InChI is InChI=1S/C16H19FOS/c17-13-6-4-11(5-7-13)8-16(18)12-9-14-2-1-3-15(10-12)19-14/h4-7,12,14-15H,1-3,8-10H2. The van der Waals surface area contributed by atoms with Crippen molar-refractivity contribution in [1.82, 2.24) is 0 Å². The lowest BCUT2D eigenvalue weighted by molar-refractivity contribution is -0.122. The van der Waals surface area contributed by atoms with Crippen molar-refractivity contribution in [3.63, 3.8) is 0 Å². The zero-order valence-corrected chi connectivity index (χ0v) is 11.8. The molecule has 2 heterocycles. The molecule has 0 N–H and O–H groups in total. The summed E-state index contributed by atoms with van der Waals surface area (Å²) in [6, 6.07) is 6.33. The highest BCUT2D eigenvalue weighted by Crippen LogP contribution is 2.44. The van der Waals surface area contributed by atoms with E-state index in [4.69, 9.17) is 0 Å². The summed E-state index contributed by atoms with van der Waals surface area (Å²) in [5.74, 6) is 0.352. The summed E-state index contributed by atoms with van der Waals surface area (Å²) >= 11 is 2.10. The largest absolute Gasteiger partial charge is 0.299 e. The van der Waals surface area contributed by atoms with Crippen LogP contribution in [-0.2, 0) is 11.2 Å². The quantitative estimate of drug-likeness (QED) is 0.831. The molecule has 0 saturated carbocycles. The number of hydrogen-bond acceptors (Lipinski definition) is 2. The van der Waals surface area contributed by atoms with Crippen molar-refractivity contribution in [1.29, 1.82) is 0 Å². The number of rotatable bonds is 3. The average Bonchev–Trinajstić information content (AvgIpc) is 2.41. The van der Waals surface area contributed by atoms with Crippen LogP contribution in [0, 0.1) is 11.7 Å². The second kappa shape index (κ2) is 5.66. The number of hydrogen-bond donors (Lipinski definition) is 0. The Labute approximate surface area is 118 Å². The third kappa shape index (κ3) is 3.19. The molecule has 2 saturated heterocycles. The Kier molecular flexibility index (Phi) is 3.92. The van der Waals surface area contributed by atoms with Crippen LogP contribution in [0.15, 0.2) is 24.3 Å². The van der Waals surface area contributed by atoms with Crippen LogP contribution in [-0.4, -0.2) is 16.3 Å². The van der Waals surface area contributed by atoms with Crippen molar-refractivity contribution in [2.24, 2.45) is 5.92 Å². The fourth-order valence-corrected chi connectivity index (χ4v) is 5.11. The maximum Gasteiger partial charge on any atom is 0.140 e. The monoisotopic (exact) mass is 278 g/mol. The Balaban J connectivity index is 1.62. The molecule has 0 amide bonds. The Morgan fingerprint density at radius 2 is 1.79 bits per heavy atom. The Bertz CT molecular complexity index is 444. The molecule has 2 atom stereocenters. The van der Waals surface area contributed by atoms with Gasteiger partial charge in [-0.25, -0.2) is 4.39 Å². The van der Waals surface area contributed by atoms with Crippen molar-refractivity contribution >= 4 is 17.5 Å². The molecule has 1 aromatic carbocycles. The topological polar surface area (TPSA) is 17.1 Å². The molecule has 2 fully saturated rings. The van der Waals surface area contributed by atoms with Gasteiger partial charge >= 0.3 is 0 Å². The van der Waals surface area contributed by atoms with Gasteiger partial charge in [0.25, 0.3) is 0 Å². The van der Waals surface area contributed by atoms with E-state index in [0.29, 0.717) is 22.7 Å². The zero-order valence-electron chi connectivity index (χ0n) is 11.0. The van der Waals surface area contributed by atoms with Gasteiger partial charge in [0.05, 0.1) is 0 Å². The van der Waals surface area contributed by atoms with E-state index in [1.165, 1.54) is 31.4 Å². The number of ketones is 1. The van der Waals surface area contributed by atoms with Crippen LogP contribution >= 0.6 is 11.8 Å². The van der Waals surface area contributed by atoms with Crippen molar-refractivity contribution < 1.29 is 9.18 Å². The SMILES string of the molecule is O=C(Cc1ccc(F)cc1)C1CC2CCCC(C1)S2. The Hall–Kier alpha value is -0.830. The number of Topliss-reactive ketones (excluding diaryl/α,β-unsaturated/α-hetero) is 1. The van der Waals surface area contributed by atoms with E-state index in [1.807, 2.05) is 0 Å². The first-order valence-corrected chi connectivity index (χ1v) is 8.07. The van der Waals surface area contributed by atoms with Crippen LogP contribution in [0.2, 0.25) is 0 Å². The molecule has 2 aliphatic heterocycles. The summed E-state index contributed by atoms with van der Waals surface area (Å²) in [7, 11) is 0. The fourth-order valence-electron chi connectivity index (χ4n) is 3.27. The zero-order chi connectivity index (χ0) is 13.2. The summed E-state index contributed by atoms with van der Waals surface area (Å²) in [6.07, 6.45) is 6.47. The van der Waals surface area contributed by atoms with Crippen LogP contribution in [0.3, 0.4) is 0 Å². The first kappa shape index (κ1) is 13.2. The first-order chi connectivity index (χ1) is 9.20. The first-order valence-electron chi connectivity index (χ1n) is 7.13. The number of thioether (sulfide) groups is 1. The molecule has 102 valence electrons. The third-order valence-corrected chi connectivity index (χ3v) is 5.90. The van der Waals surface area contributed by atoms with Gasteiger partial charge in [-0.05, 0) is 43.4 Å². The van der Waals surface area contributed by atoms with E-state index in [0.717, 1.165) is 18.4 Å². The maximum absolute atomic E-state index is 12.8. The normalized spacial score (nSPS) is 30.1. The van der Waals surface area contributed by atoms with Gasteiger partial charge in [-0.1, -0.05) is 18.6 Å². The maximum atomic E-state index is 12.8. The molecule has 0 aliphatic carbocycles. The summed E-state index contributed by atoms with van der Waals surface area (Å²) < 4.78 is 12.8. The Morgan fingerprint density at radius 3 is 2.42 bits per heavy atom. The van der Waals surface area contributed by atoms with Gasteiger partial charge in [-0.15, -0.1) is 0 Å². The van der Waals surface area contributed by atoms with E-state index in [-0.39, 0.29) is 11.7 Å². The molecule has 0 radical (unpaired) electrons. The summed E-state index contributed by atoms with van der Waals surface area (Å²) in [6.45, 7) is 0. The van der Waals surface area contributed by atoms with Gasteiger partial charge < -0.3 is 0 Å². The number of fused-ring (bicyclic) bond motifs is 2. The lowest BCUT2D eigenvalue weighted by Crippen LogP contribution is -2.33. The lowest BCUT2D eigenvalue weighted by atomic mass is 9.85. The second-order valence-electron chi connectivity index (χ2n) is 5.75. The highest BCUT2D eigenvalue weighted by atomic mass is 32.2. The average molecular weight is 278 g/mol. The second-order valence-corrected chi connectivity index (χ2v) is 7.35.